The number of unbranched alkanes of at least 4 members (excludes halogenated alkanes) is 3. The largest absolute Gasteiger partial charge is 0.493 e. The molecule has 0 saturated carbocycles. The molecule has 0 bridgehead atoms. The zero-order chi connectivity index (χ0) is 11.9. The second-order valence-corrected chi connectivity index (χ2v) is 4.66. The molecule has 0 fully saturated rings. The highest BCUT2D eigenvalue weighted by atomic mass is 16.5. The highest BCUT2D eigenvalue weighted by Gasteiger charge is 2.09. The van der Waals surface area contributed by atoms with Crippen LogP contribution in [0, 0.1) is 6.07 Å². The van der Waals surface area contributed by atoms with Crippen molar-refractivity contribution < 1.29 is 4.74 Å². The van der Waals surface area contributed by atoms with Gasteiger partial charge in [0.15, 0.2) is 0 Å². The van der Waals surface area contributed by atoms with Crippen LogP contribution in [0.15, 0.2) is 12.1 Å². The van der Waals surface area contributed by atoms with E-state index in [1.807, 2.05) is 6.07 Å². The van der Waals surface area contributed by atoms with Gasteiger partial charge in [-0.3, -0.25) is 0 Å². The summed E-state index contributed by atoms with van der Waals surface area (Å²) in [5.74, 6) is 0.884. The Hall–Kier alpha value is -1.18. The number of fused-ring (bicyclic) bond motifs is 1. The van der Waals surface area contributed by atoms with E-state index < -0.39 is 0 Å². The summed E-state index contributed by atoms with van der Waals surface area (Å²) < 4.78 is 5.72. The molecule has 1 aliphatic heterocycles. The Morgan fingerprint density at radius 1 is 1.29 bits per heavy atom. The number of nitrogens with one attached hydrogen (secondary N) is 1. The van der Waals surface area contributed by atoms with Gasteiger partial charge in [-0.2, -0.15) is 0 Å². The zero-order valence-corrected chi connectivity index (χ0v) is 10.7. The van der Waals surface area contributed by atoms with Crippen molar-refractivity contribution in [3.05, 3.63) is 23.8 Å². The molecule has 1 N–H and O–H groups in total. The van der Waals surface area contributed by atoms with Crippen LogP contribution in [0.4, 0.5) is 5.69 Å². The molecule has 93 valence electrons. The lowest BCUT2D eigenvalue weighted by molar-refractivity contribution is 0.304. The van der Waals surface area contributed by atoms with E-state index in [0.717, 1.165) is 37.4 Å². The maximum Gasteiger partial charge on any atom is 0.129 e. The first-order valence-electron chi connectivity index (χ1n) is 6.82. The summed E-state index contributed by atoms with van der Waals surface area (Å²) in [6.45, 7) is 4.10. The van der Waals surface area contributed by atoms with Crippen LogP contribution in [0.2, 0.25) is 0 Å². The fourth-order valence-electron chi connectivity index (χ4n) is 2.16. The normalized spacial score (nSPS) is 13.9. The van der Waals surface area contributed by atoms with Gasteiger partial charge in [0.05, 0.1) is 12.7 Å². The van der Waals surface area contributed by atoms with Gasteiger partial charge in [-0.15, -0.1) is 0 Å². The van der Waals surface area contributed by atoms with Gasteiger partial charge in [-0.25, -0.2) is 0 Å². The lowest BCUT2D eigenvalue weighted by Crippen LogP contribution is -2.11. The quantitative estimate of drug-likeness (QED) is 0.753. The predicted octanol–water partition coefficient (Wildman–Crippen LogP) is 3.80. The van der Waals surface area contributed by atoms with E-state index in [9.17, 15) is 0 Å². The Labute approximate surface area is 104 Å². The van der Waals surface area contributed by atoms with E-state index in [2.05, 4.69) is 24.4 Å². The number of ether oxygens (including phenoxy) is 1. The molecule has 2 heteroatoms. The van der Waals surface area contributed by atoms with Gasteiger partial charge in [-0.05, 0) is 30.9 Å². The third-order valence-corrected chi connectivity index (χ3v) is 3.19. The minimum Gasteiger partial charge on any atom is -0.493 e. The standard InChI is InChI=1S/C15H22NO/c1-2-3-4-5-11-17-14-9-8-13-7-6-10-16-15(13)12-14/h8-9,16H,2-7,10-11H2,1H3. The summed E-state index contributed by atoms with van der Waals surface area (Å²) in [6, 6.07) is 7.54. The maximum atomic E-state index is 5.72. The van der Waals surface area contributed by atoms with E-state index >= 15 is 0 Å². The molecule has 1 aromatic rings. The van der Waals surface area contributed by atoms with E-state index in [1.54, 1.807) is 0 Å². The monoisotopic (exact) mass is 232 g/mol. The molecule has 0 aliphatic carbocycles. The molecule has 0 atom stereocenters. The second-order valence-electron chi connectivity index (χ2n) is 4.66. The Morgan fingerprint density at radius 2 is 2.24 bits per heavy atom. The highest BCUT2D eigenvalue weighted by Crippen LogP contribution is 2.25. The number of benzene rings is 1. The summed E-state index contributed by atoms with van der Waals surface area (Å²) in [5, 5.41) is 3.38. The maximum absolute atomic E-state index is 5.72. The molecule has 0 amide bonds. The molecule has 1 radical (unpaired) electrons. The third kappa shape index (κ3) is 3.65. The van der Waals surface area contributed by atoms with Crippen molar-refractivity contribution in [3.63, 3.8) is 0 Å². The van der Waals surface area contributed by atoms with Crippen molar-refractivity contribution in [2.75, 3.05) is 18.5 Å². The molecular weight excluding hydrogens is 210 g/mol. The summed E-state index contributed by atoms with van der Waals surface area (Å²) >= 11 is 0. The van der Waals surface area contributed by atoms with E-state index in [-0.39, 0.29) is 0 Å². The fourth-order valence-corrected chi connectivity index (χ4v) is 2.16. The molecule has 0 unspecified atom stereocenters. The van der Waals surface area contributed by atoms with Crippen LogP contribution in [-0.2, 0) is 6.42 Å². The van der Waals surface area contributed by atoms with E-state index in [4.69, 9.17) is 4.74 Å². The van der Waals surface area contributed by atoms with Crippen LogP contribution < -0.4 is 10.1 Å². The molecular formula is C15H22NO. The van der Waals surface area contributed by atoms with Crippen LogP contribution >= 0.6 is 0 Å². The highest BCUT2D eigenvalue weighted by molar-refractivity contribution is 5.55. The Bertz CT molecular complexity index is 349. The van der Waals surface area contributed by atoms with Gasteiger partial charge in [0.2, 0.25) is 0 Å². The smallest absolute Gasteiger partial charge is 0.129 e. The number of anilines is 1. The Balaban J connectivity index is 1.81. The zero-order valence-electron chi connectivity index (χ0n) is 10.7. The first kappa shape index (κ1) is 12.3. The molecule has 0 aromatic heterocycles. The van der Waals surface area contributed by atoms with Gasteiger partial charge >= 0.3 is 0 Å². The van der Waals surface area contributed by atoms with Gasteiger partial charge in [0.25, 0.3) is 0 Å². The number of hydrogen-bond acceptors (Lipinski definition) is 2. The van der Waals surface area contributed by atoms with Crippen LogP contribution in [0.1, 0.15) is 44.6 Å². The molecule has 2 nitrogen and oxygen atoms in total. The Kier molecular flexibility index (Phi) is 4.72. The second kappa shape index (κ2) is 6.53. The molecule has 0 saturated heterocycles. The van der Waals surface area contributed by atoms with Crippen molar-refractivity contribution in [2.45, 2.75) is 45.4 Å². The fraction of sp³-hybridized carbons (Fsp3) is 0.600. The first-order valence-corrected chi connectivity index (χ1v) is 6.82. The average molecular weight is 232 g/mol. The predicted molar refractivity (Wildman–Crippen MR) is 71.7 cm³/mol. The minimum atomic E-state index is 0.815. The average Bonchev–Trinajstić information content (AvgIpc) is 2.38. The molecule has 1 aliphatic rings. The number of rotatable bonds is 6. The van der Waals surface area contributed by atoms with Gasteiger partial charge in [0.1, 0.15) is 5.75 Å². The lowest BCUT2D eigenvalue weighted by atomic mass is 10.0. The van der Waals surface area contributed by atoms with Crippen molar-refractivity contribution >= 4 is 5.69 Å². The van der Waals surface area contributed by atoms with Crippen molar-refractivity contribution in [3.8, 4) is 5.75 Å². The first-order chi connectivity index (χ1) is 8.40. The van der Waals surface area contributed by atoms with Gasteiger partial charge in [-0.1, -0.05) is 32.3 Å². The summed E-state index contributed by atoms with van der Waals surface area (Å²) in [5.41, 5.74) is 2.51. The Morgan fingerprint density at radius 3 is 3.12 bits per heavy atom. The van der Waals surface area contributed by atoms with Crippen LogP contribution in [0.5, 0.6) is 5.75 Å². The van der Waals surface area contributed by atoms with Crippen molar-refractivity contribution in [2.24, 2.45) is 0 Å². The van der Waals surface area contributed by atoms with E-state index in [0.29, 0.717) is 0 Å². The van der Waals surface area contributed by atoms with Crippen LogP contribution in [0.3, 0.4) is 0 Å². The molecule has 1 heterocycles. The molecule has 0 spiro atoms. The van der Waals surface area contributed by atoms with E-state index in [1.165, 1.54) is 31.2 Å². The summed E-state index contributed by atoms with van der Waals surface area (Å²) in [6.07, 6.45) is 7.37. The topological polar surface area (TPSA) is 21.3 Å². The SMILES string of the molecule is CCCCCCOc1[c]c2c(cc1)CCCN2. The summed E-state index contributed by atoms with van der Waals surface area (Å²) in [7, 11) is 0. The van der Waals surface area contributed by atoms with Crippen molar-refractivity contribution in [1.82, 2.24) is 0 Å². The lowest BCUT2D eigenvalue weighted by Gasteiger charge is -2.18. The van der Waals surface area contributed by atoms with Crippen LogP contribution in [0.25, 0.3) is 0 Å². The molecule has 17 heavy (non-hydrogen) atoms. The molecule has 1 aromatic carbocycles. The third-order valence-electron chi connectivity index (χ3n) is 3.19. The number of hydrogen-bond donors (Lipinski definition) is 1. The van der Waals surface area contributed by atoms with Crippen molar-refractivity contribution in [1.29, 1.82) is 0 Å². The van der Waals surface area contributed by atoms with Gasteiger partial charge < -0.3 is 10.1 Å². The molecule has 2 rings (SSSR count). The minimum absolute atomic E-state index is 0.815. The van der Waals surface area contributed by atoms with Crippen LogP contribution in [-0.4, -0.2) is 13.2 Å². The van der Waals surface area contributed by atoms with Gasteiger partial charge in [0, 0.05) is 12.2 Å². The number of aryl methyl sites for hydroxylation is 1. The summed E-state index contributed by atoms with van der Waals surface area (Å²) in [4.78, 5) is 0.